The molecule has 5 nitrogen and oxygen atoms in total. The van der Waals surface area contributed by atoms with Gasteiger partial charge in [-0.05, 0) is 30.7 Å². The van der Waals surface area contributed by atoms with Crippen LogP contribution in [0.4, 0.5) is 0 Å². The minimum Gasteiger partial charge on any atom is -0.352 e. The maximum Gasteiger partial charge on any atom is 0.226 e. The van der Waals surface area contributed by atoms with Crippen LogP contribution in [-0.4, -0.2) is 54.3 Å². The summed E-state index contributed by atoms with van der Waals surface area (Å²) >= 11 is 5.85. The zero-order valence-electron chi connectivity index (χ0n) is 14.0. The number of nitrogens with zero attached hydrogens (tertiary/aromatic N) is 2. The van der Waals surface area contributed by atoms with Crippen LogP contribution in [0.5, 0.6) is 0 Å². The summed E-state index contributed by atoms with van der Waals surface area (Å²) in [5.74, 6) is -0.148. The monoisotopic (exact) mass is 349 g/mol. The van der Waals surface area contributed by atoms with Crippen LogP contribution < -0.4 is 5.32 Å². The number of piperazine rings is 1. The number of hydrogen-bond donors (Lipinski definition) is 1. The molecule has 0 spiro atoms. The summed E-state index contributed by atoms with van der Waals surface area (Å²) in [6, 6.07) is 7.40. The molecule has 1 N–H and O–H groups in total. The van der Waals surface area contributed by atoms with E-state index in [2.05, 4.69) is 17.1 Å². The summed E-state index contributed by atoms with van der Waals surface area (Å²) < 4.78 is 0. The maximum atomic E-state index is 12.5. The largest absolute Gasteiger partial charge is 0.352 e. The number of hydrogen-bond acceptors (Lipinski definition) is 3. The fourth-order valence-electron chi connectivity index (χ4n) is 3.20. The molecule has 1 aliphatic heterocycles. The van der Waals surface area contributed by atoms with Crippen molar-refractivity contribution in [2.75, 3.05) is 32.7 Å². The second kappa shape index (κ2) is 7.53. The van der Waals surface area contributed by atoms with Gasteiger partial charge >= 0.3 is 0 Å². The van der Waals surface area contributed by atoms with E-state index in [1.807, 2.05) is 29.2 Å². The predicted octanol–water partition coefficient (Wildman–Crippen LogP) is 1.76. The molecule has 2 fully saturated rings. The highest BCUT2D eigenvalue weighted by Crippen LogP contribution is 2.40. The summed E-state index contributed by atoms with van der Waals surface area (Å²) in [7, 11) is 0. The molecule has 1 heterocycles. The first kappa shape index (κ1) is 17.2. The zero-order valence-corrected chi connectivity index (χ0v) is 14.8. The Morgan fingerprint density at radius 2 is 1.79 bits per heavy atom. The Morgan fingerprint density at radius 3 is 2.42 bits per heavy atom. The summed E-state index contributed by atoms with van der Waals surface area (Å²) in [5, 5.41) is 3.60. The zero-order chi connectivity index (χ0) is 17.1. The number of benzene rings is 1. The second-order valence-corrected chi connectivity index (χ2v) is 6.99. The summed E-state index contributed by atoms with van der Waals surface area (Å²) in [4.78, 5) is 29.0. The highest BCUT2D eigenvalue weighted by atomic mass is 35.5. The van der Waals surface area contributed by atoms with Crippen molar-refractivity contribution in [2.45, 2.75) is 19.9 Å². The third kappa shape index (κ3) is 4.08. The van der Waals surface area contributed by atoms with Crippen LogP contribution in [0.3, 0.4) is 0 Å². The molecule has 1 aromatic carbocycles. The van der Waals surface area contributed by atoms with E-state index in [9.17, 15) is 9.59 Å². The van der Waals surface area contributed by atoms with Gasteiger partial charge in [0.05, 0.1) is 11.8 Å². The third-order valence-electron chi connectivity index (χ3n) is 4.96. The minimum atomic E-state index is -0.158. The summed E-state index contributed by atoms with van der Waals surface area (Å²) in [6.07, 6.45) is 0.680. The molecule has 2 aliphatic rings. The maximum absolute atomic E-state index is 12.5. The van der Waals surface area contributed by atoms with Gasteiger partial charge in [0.15, 0.2) is 0 Å². The van der Waals surface area contributed by atoms with Gasteiger partial charge in [0, 0.05) is 37.7 Å². The standard InChI is InChI=1S/C18H24ClN3O2/c1-2-21-7-9-22(10-8-21)18(24)16-11-15(16)17(23)20-12-13-3-5-14(19)6-4-13/h3-6,15-16H,2,7-12H2,1H3,(H,20,23). The molecule has 0 aromatic heterocycles. The van der Waals surface area contributed by atoms with Gasteiger partial charge in [-0.2, -0.15) is 0 Å². The number of amides is 2. The molecule has 24 heavy (non-hydrogen) atoms. The SMILES string of the molecule is CCN1CCN(C(=O)C2CC2C(=O)NCc2ccc(Cl)cc2)CC1. The number of rotatable bonds is 5. The molecule has 1 aliphatic carbocycles. The average Bonchev–Trinajstić information content (AvgIpc) is 3.41. The lowest BCUT2D eigenvalue weighted by Crippen LogP contribution is -2.49. The molecule has 2 unspecified atom stereocenters. The Hall–Kier alpha value is -1.59. The van der Waals surface area contributed by atoms with Gasteiger partial charge < -0.3 is 15.1 Å². The molecule has 3 rings (SSSR count). The van der Waals surface area contributed by atoms with E-state index in [0.29, 0.717) is 18.0 Å². The van der Waals surface area contributed by atoms with E-state index < -0.39 is 0 Å². The van der Waals surface area contributed by atoms with E-state index in [4.69, 9.17) is 11.6 Å². The molecule has 1 saturated heterocycles. The quantitative estimate of drug-likeness (QED) is 0.881. The Labute approximate surface area is 147 Å². The van der Waals surface area contributed by atoms with Crippen molar-refractivity contribution < 1.29 is 9.59 Å². The Balaban J connectivity index is 1.43. The van der Waals surface area contributed by atoms with Crippen LogP contribution in [0.1, 0.15) is 18.9 Å². The lowest BCUT2D eigenvalue weighted by atomic mass is 10.2. The van der Waals surface area contributed by atoms with Crippen LogP contribution in [0.2, 0.25) is 5.02 Å². The van der Waals surface area contributed by atoms with Crippen LogP contribution in [0.15, 0.2) is 24.3 Å². The van der Waals surface area contributed by atoms with E-state index >= 15 is 0 Å². The van der Waals surface area contributed by atoms with E-state index in [1.54, 1.807) is 0 Å². The van der Waals surface area contributed by atoms with Gasteiger partial charge in [-0.1, -0.05) is 30.7 Å². The van der Waals surface area contributed by atoms with Gasteiger partial charge in [0.2, 0.25) is 11.8 Å². The topological polar surface area (TPSA) is 52.7 Å². The number of carbonyl (C=O) groups is 2. The fourth-order valence-corrected chi connectivity index (χ4v) is 3.33. The average molecular weight is 350 g/mol. The Morgan fingerprint density at radius 1 is 1.12 bits per heavy atom. The van der Waals surface area contributed by atoms with Gasteiger partial charge in [0.25, 0.3) is 0 Å². The third-order valence-corrected chi connectivity index (χ3v) is 5.21. The minimum absolute atomic E-state index is 0.0181. The van der Waals surface area contributed by atoms with Gasteiger partial charge in [-0.25, -0.2) is 0 Å². The van der Waals surface area contributed by atoms with E-state index in [1.165, 1.54) is 0 Å². The molecular formula is C18H24ClN3O2. The van der Waals surface area contributed by atoms with Crippen molar-refractivity contribution in [1.82, 2.24) is 15.1 Å². The highest BCUT2D eigenvalue weighted by molar-refractivity contribution is 6.30. The first-order chi connectivity index (χ1) is 11.6. The second-order valence-electron chi connectivity index (χ2n) is 6.55. The van der Waals surface area contributed by atoms with Crippen molar-refractivity contribution >= 4 is 23.4 Å². The fraction of sp³-hybridized carbons (Fsp3) is 0.556. The van der Waals surface area contributed by atoms with Crippen LogP contribution in [0.25, 0.3) is 0 Å². The van der Waals surface area contributed by atoms with Crippen LogP contribution in [-0.2, 0) is 16.1 Å². The van der Waals surface area contributed by atoms with Crippen molar-refractivity contribution in [3.8, 4) is 0 Å². The number of likely N-dealkylation sites (N-methyl/N-ethyl adjacent to an activating group) is 1. The molecule has 130 valence electrons. The van der Waals surface area contributed by atoms with E-state index in [-0.39, 0.29) is 23.7 Å². The van der Waals surface area contributed by atoms with Crippen LogP contribution >= 0.6 is 11.6 Å². The van der Waals surface area contributed by atoms with Crippen LogP contribution in [0, 0.1) is 11.8 Å². The van der Waals surface area contributed by atoms with Crippen molar-refractivity contribution in [1.29, 1.82) is 0 Å². The predicted molar refractivity (Wildman–Crippen MR) is 93.6 cm³/mol. The molecular weight excluding hydrogens is 326 g/mol. The Kier molecular flexibility index (Phi) is 5.41. The first-order valence-electron chi connectivity index (χ1n) is 8.61. The smallest absolute Gasteiger partial charge is 0.226 e. The molecule has 1 aromatic rings. The highest BCUT2D eigenvalue weighted by Gasteiger charge is 2.49. The number of nitrogens with one attached hydrogen (secondary N) is 1. The number of carbonyl (C=O) groups excluding carboxylic acids is 2. The lowest BCUT2D eigenvalue weighted by molar-refractivity contribution is -0.136. The molecule has 2 atom stereocenters. The Bertz CT molecular complexity index is 597. The molecule has 1 saturated carbocycles. The van der Waals surface area contributed by atoms with Crippen molar-refractivity contribution in [2.24, 2.45) is 11.8 Å². The van der Waals surface area contributed by atoms with Gasteiger partial charge in [0.1, 0.15) is 0 Å². The molecule has 2 amide bonds. The molecule has 6 heteroatoms. The summed E-state index contributed by atoms with van der Waals surface area (Å²) in [5.41, 5.74) is 1.01. The first-order valence-corrected chi connectivity index (χ1v) is 8.99. The van der Waals surface area contributed by atoms with Crippen molar-refractivity contribution in [3.63, 3.8) is 0 Å². The van der Waals surface area contributed by atoms with E-state index in [0.717, 1.165) is 38.3 Å². The molecule has 0 bridgehead atoms. The summed E-state index contributed by atoms with van der Waals surface area (Å²) in [6.45, 7) is 7.07. The van der Waals surface area contributed by atoms with Gasteiger partial charge in [-0.3, -0.25) is 9.59 Å². The van der Waals surface area contributed by atoms with Gasteiger partial charge in [-0.15, -0.1) is 0 Å². The number of halogens is 1. The normalized spacial score (nSPS) is 23.8. The lowest BCUT2D eigenvalue weighted by Gasteiger charge is -2.34. The van der Waals surface area contributed by atoms with Crippen molar-refractivity contribution in [3.05, 3.63) is 34.9 Å². The molecule has 0 radical (unpaired) electrons.